The Labute approximate surface area is 154 Å². The molecule has 2 aromatic carbocycles. The van der Waals surface area contributed by atoms with Crippen LogP contribution in [0.2, 0.25) is 10.0 Å². The van der Waals surface area contributed by atoms with E-state index in [2.05, 4.69) is 33.1 Å². The third-order valence-corrected chi connectivity index (χ3v) is 4.76. The third-order valence-electron chi connectivity index (χ3n) is 4.16. The van der Waals surface area contributed by atoms with E-state index >= 15 is 0 Å². The molecule has 0 saturated carbocycles. The van der Waals surface area contributed by atoms with Gasteiger partial charge in [0.05, 0.1) is 30.3 Å². The number of halogens is 2. The summed E-state index contributed by atoms with van der Waals surface area (Å²) in [7, 11) is 0. The summed E-state index contributed by atoms with van der Waals surface area (Å²) in [5, 5.41) is 9.21. The zero-order chi connectivity index (χ0) is 17.4. The van der Waals surface area contributed by atoms with E-state index < -0.39 is 0 Å². The van der Waals surface area contributed by atoms with Gasteiger partial charge in [-0.25, -0.2) is 9.67 Å². The average Bonchev–Trinajstić information content (AvgIpc) is 3.19. The first-order valence-corrected chi connectivity index (χ1v) is 8.59. The van der Waals surface area contributed by atoms with Crippen LogP contribution in [-0.2, 0) is 13.1 Å². The second kappa shape index (κ2) is 6.50. The van der Waals surface area contributed by atoms with Crippen molar-refractivity contribution in [1.82, 2.24) is 24.5 Å². The van der Waals surface area contributed by atoms with Crippen molar-refractivity contribution in [1.29, 1.82) is 0 Å². The Bertz CT molecular complexity index is 1040. The highest BCUT2D eigenvalue weighted by molar-refractivity contribution is 6.33. The van der Waals surface area contributed by atoms with E-state index in [1.807, 2.05) is 25.3 Å². The SMILES string of the molecule is Cc1nc2cc(Cn3ccnn3)ccc2n1Cc1cc(Cl)ccc1Cl. The second-order valence-electron chi connectivity index (χ2n) is 5.90. The molecule has 4 rings (SSSR count). The fourth-order valence-electron chi connectivity index (χ4n) is 2.93. The molecule has 25 heavy (non-hydrogen) atoms. The molecule has 0 aliphatic carbocycles. The first-order chi connectivity index (χ1) is 12.1. The van der Waals surface area contributed by atoms with Crippen molar-refractivity contribution < 1.29 is 0 Å². The van der Waals surface area contributed by atoms with E-state index in [0.717, 1.165) is 28.0 Å². The number of nitrogens with zero attached hydrogens (tertiary/aromatic N) is 5. The van der Waals surface area contributed by atoms with E-state index in [9.17, 15) is 0 Å². The summed E-state index contributed by atoms with van der Waals surface area (Å²) in [5.41, 5.74) is 4.12. The lowest BCUT2D eigenvalue weighted by Crippen LogP contribution is -2.03. The molecule has 0 saturated heterocycles. The van der Waals surface area contributed by atoms with Crippen LogP contribution in [0.1, 0.15) is 17.0 Å². The van der Waals surface area contributed by atoms with Gasteiger partial charge in [-0.1, -0.05) is 34.5 Å². The van der Waals surface area contributed by atoms with Gasteiger partial charge in [-0.2, -0.15) is 0 Å². The molecular formula is C18H15Cl2N5. The predicted molar refractivity (Wildman–Crippen MR) is 99.2 cm³/mol. The summed E-state index contributed by atoms with van der Waals surface area (Å²) < 4.78 is 3.93. The van der Waals surface area contributed by atoms with Crippen LogP contribution in [0.5, 0.6) is 0 Å². The number of hydrogen-bond donors (Lipinski definition) is 0. The summed E-state index contributed by atoms with van der Waals surface area (Å²) in [6.45, 7) is 3.29. The molecule has 0 bridgehead atoms. The lowest BCUT2D eigenvalue weighted by molar-refractivity contribution is 0.650. The zero-order valence-corrected chi connectivity index (χ0v) is 15.0. The van der Waals surface area contributed by atoms with Crippen molar-refractivity contribution >= 4 is 34.2 Å². The van der Waals surface area contributed by atoms with Crippen molar-refractivity contribution in [2.24, 2.45) is 0 Å². The van der Waals surface area contributed by atoms with Gasteiger partial charge in [0.25, 0.3) is 0 Å². The summed E-state index contributed by atoms with van der Waals surface area (Å²) in [5.74, 6) is 0.934. The Morgan fingerprint density at radius 2 is 1.92 bits per heavy atom. The highest BCUT2D eigenvalue weighted by atomic mass is 35.5. The predicted octanol–water partition coefficient (Wildman–Crippen LogP) is 4.34. The van der Waals surface area contributed by atoms with E-state index in [1.54, 1.807) is 16.9 Å². The number of fused-ring (bicyclic) bond motifs is 1. The van der Waals surface area contributed by atoms with Crippen LogP contribution >= 0.6 is 23.2 Å². The topological polar surface area (TPSA) is 48.5 Å². The van der Waals surface area contributed by atoms with Crippen LogP contribution in [0.25, 0.3) is 11.0 Å². The molecule has 2 heterocycles. The van der Waals surface area contributed by atoms with Gasteiger partial charge in [0.2, 0.25) is 0 Å². The Balaban J connectivity index is 1.70. The number of aryl methyl sites for hydroxylation is 1. The van der Waals surface area contributed by atoms with Crippen LogP contribution < -0.4 is 0 Å². The Morgan fingerprint density at radius 1 is 1.04 bits per heavy atom. The minimum atomic E-state index is 0.629. The van der Waals surface area contributed by atoms with Gasteiger partial charge < -0.3 is 4.57 Å². The smallest absolute Gasteiger partial charge is 0.107 e. The molecule has 0 unspecified atom stereocenters. The highest BCUT2D eigenvalue weighted by Gasteiger charge is 2.11. The number of hydrogen-bond acceptors (Lipinski definition) is 3. The second-order valence-corrected chi connectivity index (χ2v) is 6.75. The third kappa shape index (κ3) is 3.25. The normalized spacial score (nSPS) is 11.3. The lowest BCUT2D eigenvalue weighted by atomic mass is 10.2. The molecule has 0 atom stereocenters. The fraction of sp³-hybridized carbons (Fsp3) is 0.167. The Hall–Kier alpha value is -2.37. The summed E-state index contributed by atoms with van der Waals surface area (Å²) in [6, 6.07) is 11.8. The van der Waals surface area contributed by atoms with Gasteiger partial charge in [0, 0.05) is 16.2 Å². The Kier molecular flexibility index (Phi) is 4.19. The molecule has 7 heteroatoms. The number of benzene rings is 2. The van der Waals surface area contributed by atoms with E-state index in [4.69, 9.17) is 28.2 Å². The number of aromatic nitrogens is 5. The van der Waals surface area contributed by atoms with Gasteiger partial charge in [-0.3, -0.25) is 0 Å². The highest BCUT2D eigenvalue weighted by Crippen LogP contribution is 2.25. The van der Waals surface area contributed by atoms with Gasteiger partial charge >= 0.3 is 0 Å². The van der Waals surface area contributed by atoms with Gasteiger partial charge in [0.15, 0.2) is 0 Å². The molecule has 126 valence electrons. The lowest BCUT2D eigenvalue weighted by Gasteiger charge is -2.10. The molecule has 0 spiro atoms. The zero-order valence-electron chi connectivity index (χ0n) is 13.5. The van der Waals surface area contributed by atoms with Crippen molar-refractivity contribution in [3.05, 3.63) is 75.8 Å². The van der Waals surface area contributed by atoms with E-state index in [0.29, 0.717) is 23.1 Å². The minimum absolute atomic E-state index is 0.629. The first-order valence-electron chi connectivity index (χ1n) is 7.84. The van der Waals surface area contributed by atoms with E-state index in [-0.39, 0.29) is 0 Å². The van der Waals surface area contributed by atoms with Crippen LogP contribution in [0.4, 0.5) is 0 Å². The molecule has 0 aliphatic rings. The summed E-state index contributed by atoms with van der Waals surface area (Å²) in [6.07, 6.45) is 3.52. The molecule has 0 aliphatic heterocycles. The summed E-state index contributed by atoms with van der Waals surface area (Å²) in [4.78, 5) is 4.69. The number of rotatable bonds is 4. The molecule has 2 aromatic heterocycles. The minimum Gasteiger partial charge on any atom is -0.324 e. The molecular weight excluding hydrogens is 357 g/mol. The van der Waals surface area contributed by atoms with Gasteiger partial charge in [-0.15, -0.1) is 5.10 Å². The van der Waals surface area contributed by atoms with E-state index in [1.165, 1.54) is 0 Å². The van der Waals surface area contributed by atoms with Crippen LogP contribution in [0, 0.1) is 6.92 Å². The van der Waals surface area contributed by atoms with Crippen molar-refractivity contribution in [3.8, 4) is 0 Å². The monoisotopic (exact) mass is 371 g/mol. The molecule has 0 radical (unpaired) electrons. The molecule has 0 amide bonds. The van der Waals surface area contributed by atoms with Crippen molar-refractivity contribution in [2.45, 2.75) is 20.0 Å². The maximum absolute atomic E-state index is 6.31. The van der Waals surface area contributed by atoms with Crippen molar-refractivity contribution in [3.63, 3.8) is 0 Å². The molecule has 0 N–H and O–H groups in total. The standard InChI is InChI=1S/C18H15Cl2N5/c1-12-22-17-8-13(10-24-7-6-21-23-24)2-5-18(17)25(12)11-14-9-15(19)3-4-16(14)20/h2-9H,10-11H2,1H3. The molecule has 5 nitrogen and oxygen atoms in total. The first kappa shape index (κ1) is 16.1. The van der Waals surface area contributed by atoms with Gasteiger partial charge in [-0.05, 0) is 48.4 Å². The van der Waals surface area contributed by atoms with Crippen LogP contribution in [0.3, 0.4) is 0 Å². The maximum atomic E-state index is 6.31. The molecule has 4 aromatic rings. The quantitative estimate of drug-likeness (QED) is 0.536. The fourth-order valence-corrected chi connectivity index (χ4v) is 3.30. The van der Waals surface area contributed by atoms with Gasteiger partial charge in [0.1, 0.15) is 5.82 Å². The van der Waals surface area contributed by atoms with Crippen molar-refractivity contribution in [2.75, 3.05) is 0 Å². The van der Waals surface area contributed by atoms with Crippen LogP contribution in [0.15, 0.2) is 48.8 Å². The number of imidazole rings is 1. The summed E-state index contributed by atoms with van der Waals surface area (Å²) >= 11 is 12.4. The van der Waals surface area contributed by atoms with Crippen LogP contribution in [-0.4, -0.2) is 24.5 Å². The maximum Gasteiger partial charge on any atom is 0.107 e. The Morgan fingerprint density at radius 3 is 2.72 bits per heavy atom. The molecule has 0 fully saturated rings. The largest absolute Gasteiger partial charge is 0.324 e. The average molecular weight is 372 g/mol.